The Balaban J connectivity index is 3.01. The highest BCUT2D eigenvalue weighted by molar-refractivity contribution is 6.66. The van der Waals surface area contributed by atoms with E-state index in [-0.39, 0.29) is 5.54 Å². The minimum absolute atomic E-state index is 0.0229. The topological polar surface area (TPSA) is 30.5 Å². The lowest BCUT2D eigenvalue weighted by molar-refractivity contribution is 0.153. The van der Waals surface area contributed by atoms with Crippen LogP contribution >= 0.6 is 0 Å². The van der Waals surface area contributed by atoms with E-state index in [0.29, 0.717) is 17.4 Å². The molecule has 1 N–H and O–H groups in total. The molecule has 2 atom stereocenters. The molecule has 18 heavy (non-hydrogen) atoms. The highest BCUT2D eigenvalue weighted by Gasteiger charge is 2.52. The molecule has 0 spiro atoms. The van der Waals surface area contributed by atoms with Crippen LogP contribution in [0, 0.1) is 11.8 Å². The Bertz CT molecular complexity index is 251. The summed E-state index contributed by atoms with van der Waals surface area (Å²) in [5, 5.41) is 0. The molecule has 2 unspecified atom stereocenters. The van der Waals surface area contributed by atoms with Crippen molar-refractivity contribution in [1.82, 2.24) is 4.98 Å². The van der Waals surface area contributed by atoms with Crippen LogP contribution in [0.1, 0.15) is 53.9 Å². The van der Waals surface area contributed by atoms with E-state index >= 15 is 0 Å². The summed E-state index contributed by atoms with van der Waals surface area (Å²) in [6.07, 6.45) is 3.93. The summed E-state index contributed by atoms with van der Waals surface area (Å²) in [4.78, 5) is 3.69. The van der Waals surface area contributed by atoms with Gasteiger partial charge in [0.05, 0.1) is 0 Å². The second kappa shape index (κ2) is 6.03. The van der Waals surface area contributed by atoms with Crippen molar-refractivity contribution in [1.29, 1.82) is 0 Å². The van der Waals surface area contributed by atoms with Gasteiger partial charge in [0.25, 0.3) is 0 Å². The Morgan fingerprint density at radius 3 is 1.78 bits per heavy atom. The first-order valence-electron chi connectivity index (χ1n) is 7.15. The van der Waals surface area contributed by atoms with Crippen molar-refractivity contribution in [2.45, 2.75) is 65.0 Å². The van der Waals surface area contributed by atoms with Gasteiger partial charge in [0.2, 0.25) is 0 Å². The van der Waals surface area contributed by atoms with Crippen molar-refractivity contribution in [3.63, 3.8) is 0 Å². The maximum atomic E-state index is 5.95. The number of nitrogens with one attached hydrogen (secondary N) is 1. The number of rotatable bonds is 4. The maximum absolute atomic E-state index is 5.95. The zero-order valence-corrected chi connectivity index (χ0v) is 14.2. The van der Waals surface area contributed by atoms with Crippen LogP contribution in [0.5, 0.6) is 0 Å². The van der Waals surface area contributed by atoms with Gasteiger partial charge in [-0.2, -0.15) is 0 Å². The third-order valence-electron chi connectivity index (χ3n) is 4.14. The van der Waals surface area contributed by atoms with Gasteiger partial charge in [0, 0.05) is 25.3 Å². The second-order valence-corrected chi connectivity index (χ2v) is 9.93. The van der Waals surface area contributed by atoms with Crippen molar-refractivity contribution in [2.75, 3.05) is 14.2 Å². The molecule has 0 radical (unpaired) electrons. The fraction of sp³-hybridized carbons (Fsp3) is 1.00. The Morgan fingerprint density at radius 1 is 1.00 bits per heavy atom. The summed E-state index contributed by atoms with van der Waals surface area (Å²) < 4.78 is 11.9. The van der Waals surface area contributed by atoms with Crippen LogP contribution in [-0.2, 0) is 8.85 Å². The molecule has 1 rings (SSSR count). The first-order chi connectivity index (χ1) is 8.25. The molecule has 0 heterocycles. The van der Waals surface area contributed by atoms with Gasteiger partial charge in [0.15, 0.2) is 0 Å². The molecule has 0 amide bonds. The molecule has 1 aliphatic carbocycles. The Kier molecular flexibility index (Phi) is 5.41. The molecule has 1 fully saturated rings. The zero-order chi connectivity index (χ0) is 14.0. The van der Waals surface area contributed by atoms with E-state index in [0.717, 1.165) is 0 Å². The Hall–Kier alpha value is 0.0969. The lowest BCUT2D eigenvalue weighted by Gasteiger charge is -2.46. The molecule has 1 aliphatic rings. The standard InChI is InChI=1S/C14H31NO2Si/c1-11-9-8-10-12(2)13(11)18(16-6,17-7)15-14(3,4)5/h11-13,15H,8-10H2,1-7H3. The highest BCUT2D eigenvalue weighted by Crippen LogP contribution is 2.45. The second-order valence-electron chi connectivity index (χ2n) is 6.86. The molecule has 0 bridgehead atoms. The van der Waals surface area contributed by atoms with Crippen LogP contribution in [0.15, 0.2) is 0 Å². The van der Waals surface area contributed by atoms with E-state index in [1.165, 1.54) is 19.3 Å². The molecular formula is C14H31NO2Si. The fourth-order valence-electron chi connectivity index (χ4n) is 3.49. The van der Waals surface area contributed by atoms with Gasteiger partial charge in [-0.3, -0.25) is 4.98 Å². The Labute approximate surface area is 114 Å². The summed E-state index contributed by atoms with van der Waals surface area (Å²) in [6.45, 7) is 11.3. The van der Waals surface area contributed by atoms with Gasteiger partial charge < -0.3 is 8.85 Å². The quantitative estimate of drug-likeness (QED) is 0.796. The van der Waals surface area contributed by atoms with Gasteiger partial charge in [0.1, 0.15) is 0 Å². The summed E-state index contributed by atoms with van der Waals surface area (Å²) in [5.41, 5.74) is 0.551. The van der Waals surface area contributed by atoms with Gasteiger partial charge in [-0.15, -0.1) is 0 Å². The molecule has 108 valence electrons. The third-order valence-corrected chi connectivity index (χ3v) is 8.47. The molecule has 0 aromatic heterocycles. The smallest absolute Gasteiger partial charge is 0.386 e. The first-order valence-corrected chi connectivity index (χ1v) is 9.05. The minimum Gasteiger partial charge on any atom is -0.386 e. The predicted octanol–water partition coefficient (Wildman–Crippen LogP) is 3.43. The van der Waals surface area contributed by atoms with Crippen LogP contribution in [-0.4, -0.2) is 28.5 Å². The van der Waals surface area contributed by atoms with Crippen molar-refractivity contribution in [2.24, 2.45) is 11.8 Å². The van der Waals surface area contributed by atoms with Crippen LogP contribution in [0.3, 0.4) is 0 Å². The maximum Gasteiger partial charge on any atom is 0.428 e. The minimum atomic E-state index is -2.35. The van der Waals surface area contributed by atoms with E-state index in [1.807, 2.05) is 14.2 Å². The lowest BCUT2D eigenvalue weighted by atomic mass is 9.83. The largest absolute Gasteiger partial charge is 0.428 e. The zero-order valence-electron chi connectivity index (χ0n) is 13.2. The number of hydrogen-bond acceptors (Lipinski definition) is 3. The van der Waals surface area contributed by atoms with E-state index in [2.05, 4.69) is 39.6 Å². The normalized spacial score (nSPS) is 30.5. The van der Waals surface area contributed by atoms with Crippen molar-refractivity contribution in [3.8, 4) is 0 Å². The molecule has 3 nitrogen and oxygen atoms in total. The lowest BCUT2D eigenvalue weighted by Crippen LogP contribution is -2.66. The van der Waals surface area contributed by atoms with Gasteiger partial charge in [-0.05, 0) is 32.6 Å². The summed E-state index contributed by atoms with van der Waals surface area (Å²) in [5.74, 6) is 1.35. The molecule has 4 heteroatoms. The first kappa shape index (κ1) is 16.2. The third kappa shape index (κ3) is 3.56. The van der Waals surface area contributed by atoms with E-state index in [4.69, 9.17) is 8.85 Å². The average Bonchev–Trinajstić information content (AvgIpc) is 2.25. The predicted molar refractivity (Wildman–Crippen MR) is 78.6 cm³/mol. The molecule has 1 saturated carbocycles. The van der Waals surface area contributed by atoms with E-state index in [9.17, 15) is 0 Å². The van der Waals surface area contributed by atoms with Gasteiger partial charge >= 0.3 is 8.72 Å². The van der Waals surface area contributed by atoms with Crippen LogP contribution in [0.2, 0.25) is 5.54 Å². The van der Waals surface area contributed by atoms with Crippen molar-refractivity contribution in [3.05, 3.63) is 0 Å². The van der Waals surface area contributed by atoms with E-state index < -0.39 is 8.72 Å². The summed E-state index contributed by atoms with van der Waals surface area (Å²) >= 11 is 0. The van der Waals surface area contributed by atoms with Crippen LogP contribution in [0.4, 0.5) is 0 Å². The van der Waals surface area contributed by atoms with E-state index in [1.54, 1.807) is 0 Å². The van der Waals surface area contributed by atoms with Gasteiger partial charge in [-0.1, -0.05) is 33.1 Å². The fourth-order valence-corrected chi connectivity index (χ4v) is 7.45. The van der Waals surface area contributed by atoms with Crippen molar-refractivity contribution < 1.29 is 8.85 Å². The molecule has 0 aliphatic heterocycles. The SMILES string of the molecule is CO[Si](NC(C)(C)C)(OC)C1C(C)CCCC1C. The summed E-state index contributed by atoms with van der Waals surface area (Å²) in [7, 11) is 1.26. The molecule has 0 saturated heterocycles. The monoisotopic (exact) mass is 273 g/mol. The van der Waals surface area contributed by atoms with Crippen molar-refractivity contribution >= 4 is 8.72 Å². The Morgan fingerprint density at radius 2 is 1.44 bits per heavy atom. The molecular weight excluding hydrogens is 242 g/mol. The van der Waals surface area contributed by atoms with Crippen LogP contribution in [0.25, 0.3) is 0 Å². The van der Waals surface area contributed by atoms with Gasteiger partial charge in [-0.25, -0.2) is 0 Å². The highest BCUT2D eigenvalue weighted by atomic mass is 28.4. The number of hydrogen-bond donors (Lipinski definition) is 1. The summed E-state index contributed by atoms with van der Waals surface area (Å²) in [6, 6.07) is 0. The molecule has 0 aromatic carbocycles. The molecule has 0 aromatic rings. The average molecular weight is 273 g/mol. The van der Waals surface area contributed by atoms with Crippen LogP contribution < -0.4 is 4.98 Å².